The molecular weight excluding hydrogens is 272 g/mol. The van der Waals surface area contributed by atoms with Crippen LogP contribution in [-0.2, 0) is 12.0 Å². The number of nitrogens with one attached hydrogen (secondary N) is 1. The number of benzene rings is 2. The van der Waals surface area contributed by atoms with Crippen LogP contribution in [0.15, 0.2) is 66.9 Å². The summed E-state index contributed by atoms with van der Waals surface area (Å²) in [7, 11) is 0. The van der Waals surface area contributed by atoms with Crippen LogP contribution in [-0.4, -0.2) is 9.97 Å². The second kappa shape index (κ2) is 4.84. The molecule has 0 radical (unpaired) electrons. The summed E-state index contributed by atoms with van der Waals surface area (Å²) in [6, 6.07) is 20.9. The SMILES string of the molecule is Nc1ncc2c(n1)CC(c1ccccc1)(c1ccccc1)N2. The van der Waals surface area contributed by atoms with E-state index < -0.39 is 0 Å². The Labute approximate surface area is 129 Å². The first kappa shape index (κ1) is 12.8. The van der Waals surface area contributed by atoms with E-state index in [1.807, 2.05) is 12.1 Å². The number of nitrogen functional groups attached to an aromatic ring is 1. The molecule has 0 saturated carbocycles. The molecule has 1 aliphatic heterocycles. The Morgan fingerprint density at radius 3 is 2.09 bits per heavy atom. The number of fused-ring (bicyclic) bond motifs is 1. The van der Waals surface area contributed by atoms with Gasteiger partial charge in [0, 0.05) is 6.42 Å². The summed E-state index contributed by atoms with van der Waals surface area (Å²) >= 11 is 0. The molecule has 0 atom stereocenters. The highest BCUT2D eigenvalue weighted by molar-refractivity contribution is 5.62. The first-order valence-corrected chi connectivity index (χ1v) is 7.28. The lowest BCUT2D eigenvalue weighted by atomic mass is 9.81. The van der Waals surface area contributed by atoms with E-state index in [1.165, 1.54) is 11.1 Å². The van der Waals surface area contributed by atoms with Crippen molar-refractivity contribution in [1.82, 2.24) is 9.97 Å². The number of rotatable bonds is 2. The fourth-order valence-corrected chi connectivity index (χ4v) is 3.16. The lowest BCUT2D eigenvalue weighted by molar-refractivity contribution is 0.611. The van der Waals surface area contributed by atoms with Gasteiger partial charge >= 0.3 is 0 Å². The topological polar surface area (TPSA) is 63.8 Å². The molecule has 0 bridgehead atoms. The average molecular weight is 288 g/mol. The number of anilines is 2. The molecule has 2 heterocycles. The van der Waals surface area contributed by atoms with Crippen molar-refractivity contribution < 1.29 is 0 Å². The van der Waals surface area contributed by atoms with Gasteiger partial charge in [-0.15, -0.1) is 0 Å². The number of hydrogen-bond acceptors (Lipinski definition) is 4. The van der Waals surface area contributed by atoms with Crippen molar-refractivity contribution in [1.29, 1.82) is 0 Å². The minimum atomic E-state index is -0.326. The van der Waals surface area contributed by atoms with Gasteiger partial charge in [-0.1, -0.05) is 60.7 Å². The molecule has 4 nitrogen and oxygen atoms in total. The van der Waals surface area contributed by atoms with E-state index in [0.717, 1.165) is 17.8 Å². The third-order valence-corrected chi connectivity index (χ3v) is 4.20. The second-order valence-corrected chi connectivity index (χ2v) is 5.53. The Hall–Kier alpha value is -2.88. The fraction of sp³-hybridized carbons (Fsp3) is 0.111. The van der Waals surface area contributed by atoms with Gasteiger partial charge in [-0.05, 0) is 11.1 Å². The summed E-state index contributed by atoms with van der Waals surface area (Å²) in [4.78, 5) is 8.51. The summed E-state index contributed by atoms with van der Waals surface area (Å²) in [6.07, 6.45) is 2.52. The van der Waals surface area contributed by atoms with Crippen molar-refractivity contribution in [3.8, 4) is 0 Å². The summed E-state index contributed by atoms with van der Waals surface area (Å²) in [6.45, 7) is 0. The van der Waals surface area contributed by atoms with Crippen molar-refractivity contribution in [2.24, 2.45) is 0 Å². The maximum absolute atomic E-state index is 5.75. The maximum Gasteiger partial charge on any atom is 0.220 e. The van der Waals surface area contributed by atoms with E-state index in [9.17, 15) is 0 Å². The van der Waals surface area contributed by atoms with Crippen LogP contribution in [0.5, 0.6) is 0 Å². The Balaban J connectivity index is 1.90. The van der Waals surface area contributed by atoms with Gasteiger partial charge in [-0.3, -0.25) is 0 Å². The van der Waals surface area contributed by atoms with Gasteiger partial charge < -0.3 is 11.1 Å². The summed E-state index contributed by atoms with van der Waals surface area (Å²) in [5, 5.41) is 3.63. The minimum absolute atomic E-state index is 0.317. The third-order valence-electron chi connectivity index (χ3n) is 4.20. The normalized spacial score (nSPS) is 15.1. The summed E-state index contributed by atoms with van der Waals surface area (Å²) in [5.74, 6) is 0.317. The first-order valence-electron chi connectivity index (χ1n) is 7.28. The molecule has 3 N–H and O–H groups in total. The van der Waals surface area contributed by atoms with Crippen molar-refractivity contribution in [2.75, 3.05) is 11.1 Å². The van der Waals surface area contributed by atoms with Crippen LogP contribution in [0, 0.1) is 0 Å². The van der Waals surface area contributed by atoms with Crippen LogP contribution in [0.3, 0.4) is 0 Å². The molecule has 1 aromatic heterocycles. The third kappa shape index (κ3) is 1.92. The summed E-state index contributed by atoms with van der Waals surface area (Å²) < 4.78 is 0. The highest BCUT2D eigenvalue weighted by Crippen LogP contribution is 2.42. The smallest absolute Gasteiger partial charge is 0.220 e. The molecule has 0 aliphatic carbocycles. The van der Waals surface area contributed by atoms with Gasteiger partial charge in [0.25, 0.3) is 0 Å². The lowest BCUT2D eigenvalue weighted by Crippen LogP contribution is -2.34. The predicted molar refractivity (Wildman–Crippen MR) is 87.4 cm³/mol. The Bertz CT molecular complexity index is 760. The van der Waals surface area contributed by atoms with Crippen molar-refractivity contribution in [3.63, 3.8) is 0 Å². The molecule has 0 unspecified atom stereocenters. The van der Waals surface area contributed by atoms with Gasteiger partial charge in [0.05, 0.1) is 23.1 Å². The lowest BCUT2D eigenvalue weighted by Gasteiger charge is -2.31. The fourth-order valence-electron chi connectivity index (χ4n) is 3.16. The predicted octanol–water partition coefficient (Wildman–Crippen LogP) is 2.97. The Morgan fingerprint density at radius 1 is 0.909 bits per heavy atom. The molecule has 4 rings (SSSR count). The van der Waals surface area contributed by atoms with E-state index in [2.05, 4.69) is 63.8 Å². The zero-order chi connectivity index (χ0) is 15.0. The minimum Gasteiger partial charge on any atom is -0.368 e. The molecule has 4 heteroatoms. The van der Waals surface area contributed by atoms with Gasteiger partial charge in [0.1, 0.15) is 0 Å². The molecule has 22 heavy (non-hydrogen) atoms. The maximum atomic E-state index is 5.75. The van der Waals surface area contributed by atoms with Crippen LogP contribution in [0.4, 0.5) is 11.6 Å². The van der Waals surface area contributed by atoms with Crippen molar-refractivity contribution in [3.05, 3.63) is 83.7 Å². The molecule has 0 amide bonds. The van der Waals surface area contributed by atoms with Crippen LogP contribution in [0.2, 0.25) is 0 Å². The number of aromatic nitrogens is 2. The molecule has 2 aromatic carbocycles. The first-order chi connectivity index (χ1) is 10.8. The van der Waals surface area contributed by atoms with E-state index in [4.69, 9.17) is 5.73 Å². The Kier molecular flexibility index (Phi) is 2.82. The molecule has 3 aromatic rings. The van der Waals surface area contributed by atoms with Crippen LogP contribution < -0.4 is 11.1 Å². The van der Waals surface area contributed by atoms with Crippen LogP contribution >= 0.6 is 0 Å². The zero-order valence-electron chi connectivity index (χ0n) is 12.0. The average Bonchev–Trinajstić information content (AvgIpc) is 2.96. The monoisotopic (exact) mass is 288 g/mol. The molecule has 0 saturated heterocycles. The molecule has 0 fully saturated rings. The largest absolute Gasteiger partial charge is 0.368 e. The van der Waals surface area contributed by atoms with E-state index in [1.54, 1.807) is 6.20 Å². The molecule has 1 aliphatic rings. The van der Waals surface area contributed by atoms with Gasteiger partial charge in [0.15, 0.2) is 0 Å². The molecule has 108 valence electrons. The standard InChI is InChI=1S/C18H16N4/c19-17-20-12-16-15(21-17)11-18(22-16,13-7-3-1-4-8-13)14-9-5-2-6-10-14/h1-10,12,22H,11H2,(H2,19,20,21). The van der Waals surface area contributed by atoms with Gasteiger partial charge in [-0.2, -0.15) is 0 Å². The highest BCUT2D eigenvalue weighted by Gasteiger charge is 2.41. The number of nitrogens with two attached hydrogens (primary N) is 1. The van der Waals surface area contributed by atoms with E-state index >= 15 is 0 Å². The number of hydrogen-bond donors (Lipinski definition) is 2. The van der Waals surface area contributed by atoms with Gasteiger partial charge in [-0.25, -0.2) is 9.97 Å². The van der Waals surface area contributed by atoms with Crippen LogP contribution in [0.1, 0.15) is 16.8 Å². The quantitative estimate of drug-likeness (QED) is 0.761. The van der Waals surface area contributed by atoms with E-state index in [-0.39, 0.29) is 5.54 Å². The second-order valence-electron chi connectivity index (χ2n) is 5.53. The van der Waals surface area contributed by atoms with Crippen molar-refractivity contribution >= 4 is 11.6 Å². The molecular formula is C18H16N4. The van der Waals surface area contributed by atoms with Crippen molar-refractivity contribution in [2.45, 2.75) is 12.0 Å². The summed E-state index contributed by atoms with van der Waals surface area (Å²) in [5.41, 5.74) is 9.74. The van der Waals surface area contributed by atoms with E-state index in [0.29, 0.717) is 5.95 Å². The zero-order valence-corrected chi connectivity index (χ0v) is 12.0. The van der Waals surface area contributed by atoms with Crippen LogP contribution in [0.25, 0.3) is 0 Å². The Morgan fingerprint density at radius 2 is 1.50 bits per heavy atom. The number of nitrogens with zero attached hydrogens (tertiary/aromatic N) is 2. The highest BCUT2D eigenvalue weighted by atomic mass is 15.1. The van der Waals surface area contributed by atoms with Gasteiger partial charge in [0.2, 0.25) is 5.95 Å². The molecule has 0 spiro atoms.